The molecule has 0 amide bonds. The van der Waals surface area contributed by atoms with Crippen LogP contribution >= 0.6 is 0 Å². The molecule has 0 radical (unpaired) electrons. The van der Waals surface area contributed by atoms with Gasteiger partial charge in [0.05, 0.1) is 0 Å². The number of hydrogen-bond acceptors (Lipinski definition) is 5. The summed E-state index contributed by atoms with van der Waals surface area (Å²) < 4.78 is 0. The topological polar surface area (TPSA) is 69.2 Å². The van der Waals surface area contributed by atoms with Crippen LogP contribution in [0.15, 0.2) is 34.6 Å². The lowest BCUT2D eigenvalue weighted by Gasteiger charge is -2.04. The Morgan fingerprint density at radius 1 is 1.18 bits per heavy atom. The molecule has 17 heavy (non-hydrogen) atoms. The van der Waals surface area contributed by atoms with Gasteiger partial charge in [0.1, 0.15) is 25.1 Å². The van der Waals surface area contributed by atoms with Gasteiger partial charge >= 0.3 is 0 Å². The number of oxime groups is 2. The maximum atomic E-state index is 5.77. The third-order valence-electron chi connectivity index (χ3n) is 2.23. The lowest BCUT2D eigenvalue weighted by molar-refractivity contribution is 0.131. The van der Waals surface area contributed by atoms with E-state index in [0.29, 0.717) is 23.7 Å². The van der Waals surface area contributed by atoms with Crippen LogP contribution in [0.1, 0.15) is 19.4 Å². The molecule has 0 aliphatic carbocycles. The third kappa shape index (κ3) is 4.14. The number of anilines is 1. The Balaban J connectivity index is 2.55. The average Bonchev–Trinajstić information content (AvgIpc) is 2.31. The number of rotatable bonds is 5. The second kappa shape index (κ2) is 6.52. The summed E-state index contributed by atoms with van der Waals surface area (Å²) in [6.45, 7) is 3.93. The first-order valence-electron chi connectivity index (χ1n) is 5.23. The molecule has 92 valence electrons. The van der Waals surface area contributed by atoms with Gasteiger partial charge in [-0.2, -0.15) is 0 Å². The number of para-hydroxylation sites is 1. The molecule has 0 aliphatic rings. The molecule has 0 heterocycles. The number of nitrogen functional groups attached to an aromatic ring is 1. The molecule has 0 spiro atoms. The van der Waals surface area contributed by atoms with Crippen molar-refractivity contribution in [3.8, 4) is 0 Å². The molecular weight excluding hydrogens is 218 g/mol. The fraction of sp³-hybridized carbons (Fsp3) is 0.333. The largest absolute Gasteiger partial charge is 0.399 e. The van der Waals surface area contributed by atoms with E-state index < -0.39 is 0 Å². The quantitative estimate of drug-likeness (QED) is 0.483. The van der Waals surface area contributed by atoms with Crippen molar-refractivity contribution >= 4 is 17.1 Å². The van der Waals surface area contributed by atoms with E-state index in [2.05, 4.69) is 15.1 Å². The number of benzene rings is 1. The predicted molar refractivity (Wildman–Crippen MR) is 68.9 cm³/mol. The van der Waals surface area contributed by atoms with E-state index in [9.17, 15) is 0 Å². The first kappa shape index (κ1) is 13.0. The highest BCUT2D eigenvalue weighted by Crippen LogP contribution is 2.11. The molecule has 1 aromatic carbocycles. The minimum Gasteiger partial charge on any atom is -0.399 e. The lowest BCUT2D eigenvalue weighted by Crippen LogP contribution is -2.07. The lowest BCUT2D eigenvalue weighted by atomic mass is 10.2. The first-order chi connectivity index (χ1) is 8.15. The summed E-state index contributed by atoms with van der Waals surface area (Å²) in [4.78, 5) is 9.84. The minimum atomic E-state index is 0.338. The second-order valence-corrected chi connectivity index (χ2v) is 3.51. The maximum Gasteiger partial charge on any atom is 0.144 e. The Kier molecular flexibility index (Phi) is 5.00. The molecule has 0 bridgehead atoms. The standard InChI is InChI=1S/C12H17N3O2/c1-9(14-16-3)10(2)15-17-8-11-6-4-5-7-12(11)13/h4-7H,8,13H2,1-3H3/b14-9+,15-10+. The van der Waals surface area contributed by atoms with Crippen molar-refractivity contribution in [3.05, 3.63) is 29.8 Å². The van der Waals surface area contributed by atoms with Gasteiger partial charge in [-0.25, -0.2) is 0 Å². The molecule has 0 aliphatic heterocycles. The van der Waals surface area contributed by atoms with Crippen molar-refractivity contribution in [3.63, 3.8) is 0 Å². The zero-order valence-corrected chi connectivity index (χ0v) is 10.3. The van der Waals surface area contributed by atoms with Crippen LogP contribution in [0, 0.1) is 0 Å². The highest BCUT2D eigenvalue weighted by molar-refractivity contribution is 6.40. The first-order valence-corrected chi connectivity index (χ1v) is 5.23. The molecule has 5 heteroatoms. The Bertz CT molecular complexity index is 428. The predicted octanol–water partition coefficient (Wildman–Crippen LogP) is 2.18. The van der Waals surface area contributed by atoms with Crippen molar-refractivity contribution in [2.45, 2.75) is 20.5 Å². The van der Waals surface area contributed by atoms with E-state index >= 15 is 0 Å². The molecule has 0 fully saturated rings. The Hall–Kier alpha value is -2.04. The van der Waals surface area contributed by atoms with Crippen molar-refractivity contribution in [1.82, 2.24) is 0 Å². The molecule has 1 aromatic rings. The van der Waals surface area contributed by atoms with Gasteiger partial charge in [0.25, 0.3) is 0 Å². The van der Waals surface area contributed by atoms with Crippen LogP contribution in [-0.4, -0.2) is 18.5 Å². The van der Waals surface area contributed by atoms with Crippen LogP contribution in [-0.2, 0) is 16.3 Å². The zero-order valence-electron chi connectivity index (χ0n) is 10.3. The summed E-state index contributed by atoms with van der Waals surface area (Å²) >= 11 is 0. The van der Waals surface area contributed by atoms with E-state index in [-0.39, 0.29) is 0 Å². The van der Waals surface area contributed by atoms with Gasteiger partial charge < -0.3 is 15.4 Å². The molecule has 0 saturated carbocycles. The van der Waals surface area contributed by atoms with Crippen LogP contribution < -0.4 is 5.73 Å². The molecular formula is C12H17N3O2. The van der Waals surface area contributed by atoms with Gasteiger partial charge in [-0.1, -0.05) is 28.5 Å². The van der Waals surface area contributed by atoms with Gasteiger partial charge in [0.15, 0.2) is 0 Å². The maximum absolute atomic E-state index is 5.77. The summed E-state index contributed by atoms with van der Waals surface area (Å²) in [5.74, 6) is 0. The van der Waals surface area contributed by atoms with E-state index in [1.165, 1.54) is 7.11 Å². The smallest absolute Gasteiger partial charge is 0.144 e. The van der Waals surface area contributed by atoms with Crippen LogP contribution in [0.2, 0.25) is 0 Å². The van der Waals surface area contributed by atoms with Gasteiger partial charge in [-0.3, -0.25) is 0 Å². The molecule has 0 aromatic heterocycles. The van der Waals surface area contributed by atoms with E-state index in [4.69, 9.17) is 10.6 Å². The fourth-order valence-corrected chi connectivity index (χ4v) is 1.13. The SMILES string of the molecule is CO/N=C(C)/C(C)=N/OCc1ccccc1N. The van der Waals surface area contributed by atoms with Gasteiger partial charge in [0, 0.05) is 11.3 Å². The molecule has 2 N–H and O–H groups in total. The van der Waals surface area contributed by atoms with E-state index in [1.807, 2.05) is 24.3 Å². The normalized spacial score (nSPS) is 12.4. The minimum absolute atomic E-state index is 0.338. The highest BCUT2D eigenvalue weighted by Gasteiger charge is 2.00. The third-order valence-corrected chi connectivity index (χ3v) is 2.23. The van der Waals surface area contributed by atoms with Gasteiger partial charge in [0.2, 0.25) is 0 Å². The molecule has 0 saturated heterocycles. The van der Waals surface area contributed by atoms with Crippen LogP contribution in [0.25, 0.3) is 0 Å². The van der Waals surface area contributed by atoms with Gasteiger partial charge in [-0.05, 0) is 19.9 Å². The summed E-state index contributed by atoms with van der Waals surface area (Å²) in [5.41, 5.74) is 8.72. The second-order valence-electron chi connectivity index (χ2n) is 3.51. The van der Waals surface area contributed by atoms with E-state index in [0.717, 1.165) is 5.56 Å². The number of hydrogen-bond donors (Lipinski definition) is 1. The van der Waals surface area contributed by atoms with Crippen LogP contribution in [0.3, 0.4) is 0 Å². The Labute approximate surface area is 101 Å². The molecule has 0 atom stereocenters. The summed E-state index contributed by atoms with van der Waals surface area (Å²) in [5, 5.41) is 7.68. The zero-order chi connectivity index (χ0) is 12.7. The van der Waals surface area contributed by atoms with Crippen LogP contribution in [0.4, 0.5) is 5.69 Å². The monoisotopic (exact) mass is 235 g/mol. The fourth-order valence-electron chi connectivity index (χ4n) is 1.13. The molecule has 1 rings (SSSR count). The molecule has 0 unspecified atom stereocenters. The summed E-state index contributed by atoms with van der Waals surface area (Å²) in [7, 11) is 1.49. The van der Waals surface area contributed by atoms with E-state index in [1.54, 1.807) is 13.8 Å². The average molecular weight is 235 g/mol. The van der Waals surface area contributed by atoms with Crippen molar-refractivity contribution in [2.75, 3.05) is 12.8 Å². The Morgan fingerprint density at radius 2 is 1.82 bits per heavy atom. The Morgan fingerprint density at radius 3 is 2.47 bits per heavy atom. The van der Waals surface area contributed by atoms with Crippen molar-refractivity contribution < 1.29 is 9.68 Å². The number of nitrogens with two attached hydrogens (primary N) is 1. The van der Waals surface area contributed by atoms with Crippen molar-refractivity contribution in [1.29, 1.82) is 0 Å². The number of nitrogens with zero attached hydrogens (tertiary/aromatic N) is 2. The highest BCUT2D eigenvalue weighted by atomic mass is 16.6. The van der Waals surface area contributed by atoms with Gasteiger partial charge in [-0.15, -0.1) is 0 Å². The molecule has 5 nitrogen and oxygen atoms in total. The summed E-state index contributed by atoms with van der Waals surface area (Å²) in [6.07, 6.45) is 0. The van der Waals surface area contributed by atoms with Crippen molar-refractivity contribution in [2.24, 2.45) is 10.3 Å². The summed E-state index contributed by atoms with van der Waals surface area (Å²) in [6, 6.07) is 7.51. The van der Waals surface area contributed by atoms with Crippen LogP contribution in [0.5, 0.6) is 0 Å².